The zero-order valence-electron chi connectivity index (χ0n) is 9.61. The predicted molar refractivity (Wildman–Crippen MR) is 62.9 cm³/mol. The lowest BCUT2D eigenvalue weighted by atomic mass is 10.1. The van der Waals surface area contributed by atoms with Gasteiger partial charge in [-0.1, -0.05) is 38.3 Å². The van der Waals surface area contributed by atoms with Crippen molar-refractivity contribution in [2.75, 3.05) is 0 Å². The van der Waals surface area contributed by atoms with Gasteiger partial charge in [-0.25, -0.2) is 4.79 Å². The number of ether oxygens (including phenoxy) is 1. The monoisotopic (exact) mass is 222 g/mol. The van der Waals surface area contributed by atoms with Crippen LogP contribution in [0.1, 0.15) is 38.2 Å². The van der Waals surface area contributed by atoms with Gasteiger partial charge in [0.05, 0.1) is 0 Å². The van der Waals surface area contributed by atoms with Crippen molar-refractivity contribution < 1.29 is 14.6 Å². The third-order valence-electron chi connectivity index (χ3n) is 2.45. The Morgan fingerprint density at radius 1 is 1.19 bits per heavy atom. The second kappa shape index (κ2) is 6.88. The van der Waals surface area contributed by atoms with Crippen molar-refractivity contribution in [3.05, 3.63) is 29.8 Å². The molecule has 16 heavy (non-hydrogen) atoms. The second-order valence-electron chi connectivity index (χ2n) is 3.82. The third kappa shape index (κ3) is 4.82. The number of aryl methyl sites for hydroxylation is 1. The summed E-state index contributed by atoms with van der Waals surface area (Å²) in [6.07, 6.45) is 4.74. The fourth-order valence-electron chi connectivity index (χ4n) is 1.58. The van der Waals surface area contributed by atoms with Crippen LogP contribution >= 0.6 is 0 Å². The number of hydrogen-bond acceptors (Lipinski definition) is 2. The summed E-state index contributed by atoms with van der Waals surface area (Å²) in [6.45, 7) is 2.19. The van der Waals surface area contributed by atoms with E-state index in [0.29, 0.717) is 5.75 Å². The van der Waals surface area contributed by atoms with Crippen LogP contribution in [0.2, 0.25) is 0 Å². The van der Waals surface area contributed by atoms with E-state index in [0.717, 1.165) is 6.42 Å². The van der Waals surface area contributed by atoms with Gasteiger partial charge >= 0.3 is 6.16 Å². The predicted octanol–water partition coefficient (Wildman–Crippen LogP) is 3.87. The fourth-order valence-corrected chi connectivity index (χ4v) is 1.58. The lowest BCUT2D eigenvalue weighted by Gasteiger charge is -2.03. The van der Waals surface area contributed by atoms with E-state index in [1.807, 2.05) is 12.1 Å². The Morgan fingerprint density at radius 3 is 2.44 bits per heavy atom. The number of benzene rings is 1. The smallest absolute Gasteiger partial charge is 0.449 e. The first-order chi connectivity index (χ1) is 7.72. The average Bonchev–Trinajstić information content (AvgIpc) is 2.26. The molecule has 3 heteroatoms. The number of carbonyl (C=O) groups is 1. The molecule has 1 N–H and O–H groups in total. The van der Waals surface area contributed by atoms with E-state index in [1.54, 1.807) is 12.1 Å². The molecule has 0 amide bonds. The van der Waals surface area contributed by atoms with Crippen molar-refractivity contribution in [3.8, 4) is 5.75 Å². The zero-order valence-corrected chi connectivity index (χ0v) is 9.61. The number of unbranched alkanes of at least 4 members (excludes halogenated alkanes) is 3. The van der Waals surface area contributed by atoms with E-state index >= 15 is 0 Å². The molecule has 0 fully saturated rings. The average molecular weight is 222 g/mol. The maximum Gasteiger partial charge on any atom is 0.511 e. The highest BCUT2D eigenvalue weighted by atomic mass is 16.7. The normalized spacial score (nSPS) is 10.1. The van der Waals surface area contributed by atoms with Crippen molar-refractivity contribution in [3.63, 3.8) is 0 Å². The molecule has 1 aromatic rings. The Hall–Kier alpha value is -1.51. The minimum atomic E-state index is -1.27. The topological polar surface area (TPSA) is 46.5 Å². The minimum Gasteiger partial charge on any atom is -0.449 e. The molecule has 0 aromatic heterocycles. The standard InChI is InChI=1S/C13H18O3/c1-2-3-4-5-6-11-7-9-12(10-8-11)16-13(14)15/h7-10H,2-6H2,1H3,(H,14,15). The van der Waals surface area contributed by atoms with Gasteiger partial charge in [0, 0.05) is 0 Å². The van der Waals surface area contributed by atoms with Crippen LogP contribution in [-0.2, 0) is 6.42 Å². The molecule has 0 bridgehead atoms. The zero-order chi connectivity index (χ0) is 11.8. The molecule has 0 spiro atoms. The number of hydrogen-bond donors (Lipinski definition) is 1. The van der Waals surface area contributed by atoms with E-state index in [4.69, 9.17) is 5.11 Å². The fraction of sp³-hybridized carbons (Fsp3) is 0.462. The number of rotatable bonds is 6. The van der Waals surface area contributed by atoms with Crippen LogP contribution in [-0.4, -0.2) is 11.3 Å². The Balaban J connectivity index is 2.36. The van der Waals surface area contributed by atoms with Crippen molar-refractivity contribution in [2.45, 2.75) is 39.0 Å². The van der Waals surface area contributed by atoms with Crippen LogP contribution < -0.4 is 4.74 Å². The first kappa shape index (κ1) is 12.6. The first-order valence-corrected chi connectivity index (χ1v) is 5.72. The summed E-state index contributed by atoms with van der Waals surface area (Å²) >= 11 is 0. The Morgan fingerprint density at radius 2 is 1.88 bits per heavy atom. The van der Waals surface area contributed by atoms with Gasteiger partial charge < -0.3 is 9.84 Å². The number of carboxylic acid groups (broad SMARTS) is 1. The van der Waals surface area contributed by atoms with E-state index in [-0.39, 0.29) is 0 Å². The maximum atomic E-state index is 10.3. The van der Waals surface area contributed by atoms with Crippen LogP contribution in [0.5, 0.6) is 5.75 Å². The quantitative estimate of drug-likeness (QED) is 0.451. The highest BCUT2D eigenvalue weighted by Gasteiger charge is 2.00. The summed E-state index contributed by atoms with van der Waals surface area (Å²) < 4.78 is 4.53. The van der Waals surface area contributed by atoms with Gasteiger partial charge in [-0.2, -0.15) is 0 Å². The van der Waals surface area contributed by atoms with Gasteiger partial charge in [-0.3, -0.25) is 0 Å². The molecule has 1 rings (SSSR count). The van der Waals surface area contributed by atoms with Gasteiger partial charge in [-0.05, 0) is 30.5 Å². The van der Waals surface area contributed by atoms with Gasteiger partial charge in [0.25, 0.3) is 0 Å². The second-order valence-corrected chi connectivity index (χ2v) is 3.82. The molecule has 88 valence electrons. The maximum absolute atomic E-state index is 10.3. The highest BCUT2D eigenvalue weighted by molar-refractivity contribution is 5.61. The van der Waals surface area contributed by atoms with E-state index in [2.05, 4.69) is 11.7 Å². The first-order valence-electron chi connectivity index (χ1n) is 5.72. The lowest BCUT2D eigenvalue weighted by Crippen LogP contribution is -2.02. The van der Waals surface area contributed by atoms with Gasteiger partial charge in [0.2, 0.25) is 0 Å². The summed E-state index contributed by atoms with van der Waals surface area (Å²) in [5.74, 6) is 0.379. The lowest BCUT2D eigenvalue weighted by molar-refractivity contribution is 0.144. The molecule has 0 aliphatic carbocycles. The molecule has 0 saturated carbocycles. The molecule has 1 aromatic carbocycles. The van der Waals surface area contributed by atoms with Gasteiger partial charge in [0.15, 0.2) is 0 Å². The molecule has 0 radical (unpaired) electrons. The van der Waals surface area contributed by atoms with Crippen LogP contribution in [0, 0.1) is 0 Å². The SMILES string of the molecule is CCCCCCc1ccc(OC(=O)O)cc1. The molecule has 0 unspecified atom stereocenters. The van der Waals surface area contributed by atoms with Crippen LogP contribution in [0.25, 0.3) is 0 Å². The van der Waals surface area contributed by atoms with Crippen molar-refractivity contribution in [1.82, 2.24) is 0 Å². The Bertz CT molecular complexity index is 316. The van der Waals surface area contributed by atoms with Crippen LogP contribution in [0.15, 0.2) is 24.3 Å². The van der Waals surface area contributed by atoms with Gasteiger partial charge in [-0.15, -0.1) is 0 Å². The minimum absolute atomic E-state index is 0.379. The molecule has 0 aliphatic rings. The molecule has 0 aliphatic heterocycles. The summed E-state index contributed by atoms with van der Waals surface area (Å²) in [7, 11) is 0. The van der Waals surface area contributed by atoms with E-state index in [1.165, 1.54) is 31.2 Å². The summed E-state index contributed by atoms with van der Waals surface area (Å²) in [5.41, 5.74) is 1.23. The molecule has 0 atom stereocenters. The molecular weight excluding hydrogens is 204 g/mol. The highest BCUT2D eigenvalue weighted by Crippen LogP contribution is 2.14. The van der Waals surface area contributed by atoms with Crippen LogP contribution in [0.4, 0.5) is 4.79 Å². The van der Waals surface area contributed by atoms with Crippen molar-refractivity contribution in [2.24, 2.45) is 0 Å². The summed E-state index contributed by atoms with van der Waals surface area (Å²) in [6, 6.07) is 7.24. The summed E-state index contributed by atoms with van der Waals surface area (Å²) in [4.78, 5) is 10.3. The molecule has 0 saturated heterocycles. The summed E-state index contributed by atoms with van der Waals surface area (Å²) in [5, 5.41) is 8.41. The third-order valence-corrected chi connectivity index (χ3v) is 2.45. The van der Waals surface area contributed by atoms with E-state index < -0.39 is 6.16 Å². The van der Waals surface area contributed by atoms with Crippen molar-refractivity contribution in [1.29, 1.82) is 0 Å². The molecular formula is C13H18O3. The Kier molecular flexibility index (Phi) is 5.40. The van der Waals surface area contributed by atoms with E-state index in [9.17, 15) is 4.79 Å². The van der Waals surface area contributed by atoms with Crippen molar-refractivity contribution >= 4 is 6.16 Å². The molecule has 3 nitrogen and oxygen atoms in total. The van der Waals surface area contributed by atoms with Gasteiger partial charge in [0.1, 0.15) is 5.75 Å². The molecule has 0 heterocycles. The Labute approximate surface area is 96.1 Å². The van der Waals surface area contributed by atoms with Crippen LogP contribution in [0.3, 0.4) is 0 Å². The largest absolute Gasteiger partial charge is 0.511 e.